The minimum Gasteiger partial charge on any atom is -0.482 e. The third-order valence-electron chi connectivity index (χ3n) is 4.90. The normalized spacial score (nSPS) is 15.4. The van der Waals surface area contributed by atoms with E-state index in [-0.39, 0.29) is 44.3 Å². The number of alkyl halides is 3. The van der Waals surface area contributed by atoms with E-state index >= 15 is 0 Å². The van der Waals surface area contributed by atoms with E-state index in [2.05, 4.69) is 0 Å². The number of hydrogen-bond donors (Lipinski definition) is 0. The van der Waals surface area contributed by atoms with E-state index in [1.165, 1.54) is 34.6 Å². The lowest BCUT2D eigenvalue weighted by molar-refractivity contribution is -0.145. The first-order valence-corrected chi connectivity index (χ1v) is 11.4. The monoisotopic (exact) mass is 472 g/mol. The molecule has 0 bridgehead atoms. The summed E-state index contributed by atoms with van der Waals surface area (Å²) in [7, 11) is -3.78. The van der Waals surface area contributed by atoms with Gasteiger partial charge in [-0.15, -0.1) is 0 Å². The maximum Gasteiger partial charge on any atom is 0.416 e. The summed E-state index contributed by atoms with van der Waals surface area (Å²) in [5.41, 5.74) is -0.338. The van der Waals surface area contributed by atoms with Crippen molar-refractivity contribution in [2.45, 2.75) is 18.0 Å². The number of anilines is 1. The maximum absolute atomic E-state index is 13.0. The van der Waals surface area contributed by atoms with Crippen LogP contribution in [0.5, 0.6) is 5.75 Å². The number of nitrogens with zero attached hydrogens (tertiary/aromatic N) is 2. The molecule has 2 aromatic carbocycles. The first-order valence-electron chi connectivity index (χ1n) is 9.92. The Morgan fingerprint density at radius 1 is 1.03 bits per heavy atom. The number of halogens is 3. The second-order valence-corrected chi connectivity index (χ2v) is 8.94. The highest BCUT2D eigenvalue weighted by Gasteiger charge is 2.32. The molecule has 0 unspecified atom stereocenters. The fourth-order valence-electron chi connectivity index (χ4n) is 3.27. The lowest BCUT2D eigenvalue weighted by atomic mass is 10.1. The van der Waals surface area contributed by atoms with Crippen LogP contribution in [0, 0.1) is 0 Å². The molecule has 2 aromatic rings. The van der Waals surface area contributed by atoms with E-state index in [4.69, 9.17) is 9.47 Å². The molecule has 0 N–H and O–H groups in total. The van der Waals surface area contributed by atoms with Gasteiger partial charge in [-0.25, -0.2) is 13.2 Å². The average Bonchev–Trinajstić information content (AvgIpc) is 2.78. The third-order valence-corrected chi connectivity index (χ3v) is 6.81. The van der Waals surface area contributed by atoms with Crippen LogP contribution in [0.15, 0.2) is 53.4 Å². The molecule has 0 atom stereocenters. The summed E-state index contributed by atoms with van der Waals surface area (Å²) in [6.07, 6.45) is -4.44. The molecule has 174 valence electrons. The topological polar surface area (TPSA) is 76.1 Å². The third kappa shape index (κ3) is 5.71. The summed E-state index contributed by atoms with van der Waals surface area (Å²) in [5, 5.41) is 0. The fourth-order valence-corrected chi connectivity index (χ4v) is 4.69. The summed E-state index contributed by atoms with van der Waals surface area (Å²) in [6.45, 7) is 2.44. The molecular weight excluding hydrogens is 449 g/mol. The fraction of sp³-hybridized carbons (Fsp3) is 0.381. The Bertz CT molecular complexity index is 1030. The Morgan fingerprint density at radius 2 is 1.69 bits per heavy atom. The number of rotatable bonds is 7. The largest absolute Gasteiger partial charge is 0.482 e. The molecule has 1 aliphatic rings. The van der Waals surface area contributed by atoms with Gasteiger partial charge in [-0.1, -0.05) is 6.07 Å². The number of carbonyl (C=O) groups is 1. The van der Waals surface area contributed by atoms with Crippen molar-refractivity contribution >= 4 is 21.7 Å². The number of piperazine rings is 1. The van der Waals surface area contributed by atoms with Crippen LogP contribution in [0.1, 0.15) is 12.5 Å². The Morgan fingerprint density at radius 3 is 2.28 bits per heavy atom. The van der Waals surface area contributed by atoms with Crippen LogP contribution in [0.25, 0.3) is 0 Å². The van der Waals surface area contributed by atoms with E-state index in [1.807, 2.05) is 0 Å². The Balaban J connectivity index is 1.62. The van der Waals surface area contributed by atoms with Crippen molar-refractivity contribution in [1.29, 1.82) is 0 Å². The van der Waals surface area contributed by atoms with Gasteiger partial charge in [0.2, 0.25) is 10.0 Å². The minimum absolute atomic E-state index is 0.0634. The van der Waals surface area contributed by atoms with Crippen LogP contribution < -0.4 is 9.64 Å². The number of ether oxygens (including phenoxy) is 2. The maximum atomic E-state index is 13.0. The highest BCUT2D eigenvalue weighted by molar-refractivity contribution is 7.89. The van der Waals surface area contributed by atoms with Crippen LogP contribution in [-0.4, -0.2) is 58.1 Å². The van der Waals surface area contributed by atoms with Gasteiger partial charge < -0.3 is 14.4 Å². The van der Waals surface area contributed by atoms with Crippen LogP contribution in [0.3, 0.4) is 0 Å². The van der Waals surface area contributed by atoms with Gasteiger partial charge in [-0.3, -0.25) is 0 Å². The predicted octanol–water partition coefficient (Wildman–Crippen LogP) is 3.16. The zero-order valence-corrected chi connectivity index (χ0v) is 18.2. The van der Waals surface area contributed by atoms with E-state index in [1.54, 1.807) is 17.9 Å². The molecule has 11 heteroatoms. The van der Waals surface area contributed by atoms with Crippen LogP contribution in [0.4, 0.5) is 18.9 Å². The molecule has 32 heavy (non-hydrogen) atoms. The van der Waals surface area contributed by atoms with Gasteiger partial charge >= 0.3 is 12.1 Å². The molecule has 0 spiro atoms. The van der Waals surface area contributed by atoms with Crippen molar-refractivity contribution in [3.05, 3.63) is 54.1 Å². The van der Waals surface area contributed by atoms with Crippen molar-refractivity contribution in [3.63, 3.8) is 0 Å². The van der Waals surface area contributed by atoms with Crippen molar-refractivity contribution in [2.24, 2.45) is 0 Å². The van der Waals surface area contributed by atoms with E-state index in [0.717, 1.165) is 12.1 Å². The summed E-state index contributed by atoms with van der Waals surface area (Å²) in [5.74, 6) is -0.200. The molecule has 1 aliphatic heterocycles. The number of hydrogen-bond acceptors (Lipinski definition) is 6. The lowest BCUT2D eigenvalue weighted by Gasteiger charge is -2.35. The lowest BCUT2D eigenvalue weighted by Crippen LogP contribution is -2.48. The van der Waals surface area contributed by atoms with Crippen LogP contribution >= 0.6 is 0 Å². The first kappa shape index (κ1) is 23.9. The average molecular weight is 472 g/mol. The van der Waals surface area contributed by atoms with Crippen LogP contribution in [0.2, 0.25) is 0 Å². The number of benzene rings is 2. The molecule has 3 rings (SSSR count). The summed E-state index contributed by atoms with van der Waals surface area (Å²) >= 11 is 0. The van der Waals surface area contributed by atoms with Gasteiger partial charge in [0.15, 0.2) is 6.61 Å². The molecule has 0 aromatic heterocycles. The Hall–Kier alpha value is -2.79. The van der Waals surface area contributed by atoms with Gasteiger partial charge in [0.05, 0.1) is 17.1 Å². The quantitative estimate of drug-likeness (QED) is 0.577. The Kier molecular flexibility index (Phi) is 7.29. The number of esters is 1. The first-order chi connectivity index (χ1) is 15.1. The van der Waals surface area contributed by atoms with E-state index < -0.39 is 27.7 Å². The zero-order chi connectivity index (χ0) is 23.4. The van der Waals surface area contributed by atoms with Crippen molar-refractivity contribution in [1.82, 2.24) is 4.31 Å². The standard InChI is InChI=1S/C21H23F3N2O5S/c1-2-30-20(27)15-31-18-6-8-19(9-7-18)32(28,29)26-12-10-25(11-13-26)17-5-3-4-16(14-17)21(22,23)24/h3-9,14H,2,10-13,15H2,1H3. The molecule has 0 saturated carbocycles. The number of sulfonamides is 1. The van der Waals surface area contributed by atoms with Gasteiger partial charge in [-0.05, 0) is 49.4 Å². The van der Waals surface area contributed by atoms with Crippen molar-refractivity contribution in [2.75, 3.05) is 44.3 Å². The number of carbonyl (C=O) groups excluding carboxylic acids is 1. The molecular formula is C21H23F3N2O5S. The summed E-state index contributed by atoms with van der Waals surface area (Å²) in [6, 6.07) is 10.7. The predicted molar refractivity (Wildman–Crippen MR) is 111 cm³/mol. The smallest absolute Gasteiger partial charge is 0.416 e. The van der Waals surface area contributed by atoms with E-state index in [0.29, 0.717) is 11.4 Å². The summed E-state index contributed by atoms with van der Waals surface area (Å²) in [4.78, 5) is 13.1. The van der Waals surface area contributed by atoms with Gasteiger partial charge in [0.1, 0.15) is 5.75 Å². The highest BCUT2D eigenvalue weighted by atomic mass is 32.2. The van der Waals surface area contributed by atoms with Gasteiger partial charge in [0, 0.05) is 31.9 Å². The molecule has 1 saturated heterocycles. The van der Waals surface area contributed by atoms with E-state index in [9.17, 15) is 26.4 Å². The Labute approximate surface area is 184 Å². The highest BCUT2D eigenvalue weighted by Crippen LogP contribution is 2.32. The molecule has 7 nitrogen and oxygen atoms in total. The molecule has 1 fully saturated rings. The molecule has 0 amide bonds. The molecule has 0 aliphatic carbocycles. The second kappa shape index (κ2) is 9.78. The summed E-state index contributed by atoms with van der Waals surface area (Å²) < 4.78 is 76.0. The van der Waals surface area contributed by atoms with Gasteiger partial charge in [0.25, 0.3) is 0 Å². The second-order valence-electron chi connectivity index (χ2n) is 7.00. The van der Waals surface area contributed by atoms with Crippen molar-refractivity contribution in [3.8, 4) is 5.75 Å². The minimum atomic E-state index is -4.44. The SMILES string of the molecule is CCOC(=O)COc1ccc(S(=O)(=O)N2CCN(c3cccc(C(F)(F)F)c3)CC2)cc1. The van der Waals surface area contributed by atoms with Crippen molar-refractivity contribution < 1.29 is 35.9 Å². The molecule has 0 radical (unpaired) electrons. The van der Waals surface area contributed by atoms with Crippen LogP contribution in [-0.2, 0) is 25.7 Å². The zero-order valence-electron chi connectivity index (χ0n) is 17.3. The van der Waals surface area contributed by atoms with Gasteiger partial charge in [-0.2, -0.15) is 17.5 Å². The molecule has 1 heterocycles.